The average Bonchev–Trinajstić information content (AvgIpc) is 2.30. The number of nitrogens with zero attached hydrogens (tertiary/aromatic N) is 1. The number of aliphatic hydroxyl groups excluding tert-OH is 2. The molecular formula is C10H24NO3P. The topological polar surface area (TPSA) is 73.5 Å². The summed E-state index contributed by atoms with van der Waals surface area (Å²) in [7, 11) is 2.08. The highest BCUT2D eigenvalue weighted by Gasteiger charge is 1.94. The van der Waals surface area contributed by atoms with Crippen LogP contribution in [-0.2, 0) is 4.52 Å². The molecule has 5 heteroatoms. The molecule has 0 bridgehead atoms. The molecule has 0 saturated heterocycles. The lowest BCUT2D eigenvalue weighted by Crippen LogP contribution is -2.01. The molecule has 15 heavy (non-hydrogen) atoms. The molecule has 0 heterocycles. The molecule has 92 valence electrons. The molecule has 0 aliphatic rings. The van der Waals surface area contributed by atoms with Crippen molar-refractivity contribution in [3.8, 4) is 6.07 Å². The molecule has 0 rings (SSSR count). The van der Waals surface area contributed by atoms with Crippen LogP contribution in [0.1, 0.15) is 33.6 Å². The summed E-state index contributed by atoms with van der Waals surface area (Å²) in [5.74, 6) is 0.255. The Morgan fingerprint density at radius 1 is 1.40 bits per heavy atom. The van der Waals surface area contributed by atoms with Crippen molar-refractivity contribution >= 4 is 9.47 Å². The summed E-state index contributed by atoms with van der Waals surface area (Å²) >= 11 is 0. The van der Waals surface area contributed by atoms with Crippen LogP contribution in [-0.4, -0.2) is 30.0 Å². The van der Waals surface area contributed by atoms with Crippen LogP contribution in [0.2, 0.25) is 0 Å². The van der Waals surface area contributed by atoms with Crippen molar-refractivity contribution in [2.24, 2.45) is 5.92 Å². The van der Waals surface area contributed by atoms with Crippen LogP contribution in [0.15, 0.2) is 0 Å². The molecule has 4 nitrogen and oxygen atoms in total. The Kier molecular flexibility index (Phi) is 31.8. The van der Waals surface area contributed by atoms with Gasteiger partial charge in [0.2, 0.25) is 0 Å². The highest BCUT2D eigenvalue weighted by molar-refractivity contribution is 7.09. The van der Waals surface area contributed by atoms with Gasteiger partial charge >= 0.3 is 0 Å². The highest BCUT2D eigenvalue weighted by atomic mass is 31.0. The molecule has 0 saturated carbocycles. The number of aliphatic hydroxyl groups is 2. The average molecular weight is 237 g/mol. The van der Waals surface area contributed by atoms with E-state index in [1.165, 1.54) is 0 Å². The summed E-state index contributed by atoms with van der Waals surface area (Å²) in [4.78, 5) is 0. The van der Waals surface area contributed by atoms with Crippen LogP contribution in [0.25, 0.3) is 0 Å². The zero-order valence-corrected chi connectivity index (χ0v) is 11.1. The van der Waals surface area contributed by atoms with Gasteiger partial charge in [-0.15, -0.1) is 0 Å². The fourth-order valence-corrected chi connectivity index (χ4v) is 0.534. The monoisotopic (exact) mass is 237 g/mol. The second-order valence-electron chi connectivity index (χ2n) is 2.58. The van der Waals surface area contributed by atoms with E-state index in [-0.39, 0.29) is 19.1 Å². The zero-order chi connectivity index (χ0) is 12.5. The van der Waals surface area contributed by atoms with E-state index in [1.54, 1.807) is 0 Å². The molecule has 2 unspecified atom stereocenters. The van der Waals surface area contributed by atoms with E-state index < -0.39 is 0 Å². The van der Waals surface area contributed by atoms with Crippen LogP contribution < -0.4 is 0 Å². The number of rotatable bonds is 5. The molecule has 0 aromatic carbocycles. The highest BCUT2D eigenvalue weighted by Crippen LogP contribution is 1.96. The van der Waals surface area contributed by atoms with E-state index in [0.717, 1.165) is 0 Å². The Bertz CT molecular complexity index is 128. The number of hydrogen-bond donors (Lipinski definition) is 2. The fourth-order valence-electron chi connectivity index (χ4n) is 0.416. The molecule has 0 aliphatic carbocycles. The third-order valence-corrected chi connectivity index (χ3v) is 1.50. The Morgan fingerprint density at radius 2 is 1.93 bits per heavy atom. The lowest BCUT2D eigenvalue weighted by molar-refractivity contribution is 0.194. The summed E-state index contributed by atoms with van der Waals surface area (Å²) in [6, 6.07) is 1.93. The van der Waals surface area contributed by atoms with Crippen molar-refractivity contribution < 1.29 is 14.7 Å². The molecular weight excluding hydrogens is 213 g/mol. The summed E-state index contributed by atoms with van der Waals surface area (Å²) in [5.41, 5.74) is 0. The first-order valence-electron chi connectivity index (χ1n) is 5.13. The normalized spacial score (nSPS) is 9.93. The molecule has 0 radical (unpaired) electrons. The van der Waals surface area contributed by atoms with Crippen LogP contribution >= 0.6 is 9.47 Å². The fraction of sp³-hybridized carbons (Fsp3) is 0.900. The van der Waals surface area contributed by atoms with Gasteiger partial charge in [0.1, 0.15) is 0 Å². The maximum atomic E-state index is 8.35. The van der Waals surface area contributed by atoms with Gasteiger partial charge < -0.3 is 14.7 Å². The van der Waals surface area contributed by atoms with Gasteiger partial charge in [0.15, 0.2) is 0 Å². The molecule has 0 amide bonds. The van der Waals surface area contributed by atoms with Gasteiger partial charge in [0.05, 0.1) is 19.1 Å². The lowest BCUT2D eigenvalue weighted by Gasteiger charge is -2.01. The van der Waals surface area contributed by atoms with E-state index in [1.807, 2.05) is 26.8 Å². The third-order valence-electron chi connectivity index (χ3n) is 1.27. The van der Waals surface area contributed by atoms with Gasteiger partial charge in [-0.2, -0.15) is 5.26 Å². The van der Waals surface area contributed by atoms with Gasteiger partial charge in [0.25, 0.3) is 0 Å². The third kappa shape index (κ3) is 31.6. The summed E-state index contributed by atoms with van der Waals surface area (Å²) in [6.07, 6.45) is 1.18. The smallest absolute Gasteiger partial charge is 0.0646 e. The maximum Gasteiger partial charge on any atom is 0.0646 e. The first-order valence-corrected chi connectivity index (χ1v) is 5.60. The first-order chi connectivity index (χ1) is 7.22. The van der Waals surface area contributed by atoms with E-state index in [0.29, 0.717) is 19.4 Å². The van der Waals surface area contributed by atoms with E-state index >= 15 is 0 Å². The number of nitriles is 1. The van der Waals surface area contributed by atoms with Crippen molar-refractivity contribution in [2.75, 3.05) is 19.8 Å². The minimum Gasteiger partial charge on any atom is -0.396 e. The number of hydrogen-bond acceptors (Lipinski definition) is 4. The van der Waals surface area contributed by atoms with Crippen molar-refractivity contribution in [1.82, 2.24) is 0 Å². The Morgan fingerprint density at radius 3 is 2.07 bits per heavy atom. The first kappa shape index (κ1) is 20.2. The molecule has 2 N–H and O–H groups in total. The van der Waals surface area contributed by atoms with Crippen LogP contribution in [0.3, 0.4) is 0 Å². The standard InChI is InChI=1S/C5H12O2.C3H6NOP.C2H6/c1-5(4-7)2-3-6;4-2-1-3-5-6;1-2/h5-7H,2-4H2,1H3;1,3,6H2;1-2H3. The Labute approximate surface area is 95.5 Å². The predicted molar refractivity (Wildman–Crippen MR) is 65.2 cm³/mol. The van der Waals surface area contributed by atoms with E-state index in [4.69, 9.17) is 15.5 Å². The molecule has 2 atom stereocenters. The molecule has 0 spiro atoms. The quantitative estimate of drug-likeness (QED) is 0.564. The lowest BCUT2D eigenvalue weighted by atomic mass is 10.1. The van der Waals surface area contributed by atoms with Crippen molar-refractivity contribution in [2.45, 2.75) is 33.6 Å². The maximum absolute atomic E-state index is 8.35. The van der Waals surface area contributed by atoms with Gasteiger partial charge in [-0.3, -0.25) is 0 Å². The predicted octanol–water partition coefficient (Wildman–Crippen LogP) is 1.73. The second kappa shape index (κ2) is 23.5. The van der Waals surface area contributed by atoms with Gasteiger partial charge in [-0.25, -0.2) is 0 Å². The van der Waals surface area contributed by atoms with Gasteiger partial charge in [0, 0.05) is 22.7 Å². The van der Waals surface area contributed by atoms with Gasteiger partial charge in [-0.05, 0) is 12.3 Å². The molecule has 0 fully saturated rings. The summed E-state index contributed by atoms with van der Waals surface area (Å²) in [6.45, 7) is 6.78. The summed E-state index contributed by atoms with van der Waals surface area (Å²) < 4.78 is 4.48. The molecule has 0 aliphatic heterocycles. The van der Waals surface area contributed by atoms with Gasteiger partial charge in [-0.1, -0.05) is 20.8 Å². The van der Waals surface area contributed by atoms with Crippen LogP contribution in [0.5, 0.6) is 0 Å². The van der Waals surface area contributed by atoms with Crippen molar-refractivity contribution in [1.29, 1.82) is 5.26 Å². The molecule has 0 aromatic heterocycles. The van der Waals surface area contributed by atoms with E-state index in [2.05, 4.69) is 14.0 Å². The largest absolute Gasteiger partial charge is 0.396 e. The van der Waals surface area contributed by atoms with E-state index in [9.17, 15) is 0 Å². The minimum atomic E-state index is 0.181. The second-order valence-corrected chi connectivity index (χ2v) is 2.91. The summed E-state index contributed by atoms with van der Waals surface area (Å²) in [5, 5.41) is 24.5. The van der Waals surface area contributed by atoms with Crippen LogP contribution in [0, 0.1) is 17.2 Å². The SMILES string of the molecule is CC.CC(CO)CCO.N#CCCOP. The van der Waals surface area contributed by atoms with Crippen molar-refractivity contribution in [3.05, 3.63) is 0 Å². The minimum absolute atomic E-state index is 0.181. The van der Waals surface area contributed by atoms with Crippen LogP contribution in [0.4, 0.5) is 0 Å². The van der Waals surface area contributed by atoms with Crippen molar-refractivity contribution in [3.63, 3.8) is 0 Å². The Balaban J connectivity index is -0.000000166. The Hall–Kier alpha value is -0.200. The zero-order valence-electron chi connectivity index (χ0n) is 9.94. The molecule has 0 aromatic rings.